The molecule has 1 heterocycles. The van der Waals surface area contributed by atoms with Gasteiger partial charge in [-0.05, 0) is 33.1 Å². The van der Waals surface area contributed by atoms with Crippen LogP contribution in [0.2, 0.25) is 0 Å². The first-order valence-corrected chi connectivity index (χ1v) is 6.14. The van der Waals surface area contributed by atoms with Gasteiger partial charge in [-0.15, -0.1) is 0 Å². The van der Waals surface area contributed by atoms with Crippen LogP contribution in [0.5, 0.6) is 0 Å². The van der Waals surface area contributed by atoms with Gasteiger partial charge >= 0.3 is 0 Å². The van der Waals surface area contributed by atoms with Crippen LogP contribution in [-0.2, 0) is 14.3 Å². The van der Waals surface area contributed by atoms with Crippen LogP contribution in [-0.4, -0.2) is 23.8 Å². The quantitative estimate of drug-likeness (QED) is 0.745. The highest BCUT2D eigenvalue weighted by Gasteiger charge is 2.45. The van der Waals surface area contributed by atoms with Gasteiger partial charge in [0.15, 0.2) is 5.79 Å². The zero-order valence-corrected chi connectivity index (χ0v) is 11.2. The van der Waals surface area contributed by atoms with Gasteiger partial charge in [0.1, 0.15) is 5.78 Å². The molecule has 0 N–H and O–H groups in total. The molecule has 0 unspecified atom stereocenters. The summed E-state index contributed by atoms with van der Waals surface area (Å²) in [5, 5.41) is 0. The van der Waals surface area contributed by atoms with Gasteiger partial charge in [0.2, 0.25) is 0 Å². The molecule has 0 aliphatic carbocycles. The van der Waals surface area contributed by atoms with Gasteiger partial charge in [0.05, 0.1) is 18.1 Å². The zero-order chi connectivity index (χ0) is 12.5. The van der Waals surface area contributed by atoms with Gasteiger partial charge < -0.3 is 9.47 Å². The summed E-state index contributed by atoms with van der Waals surface area (Å²) in [7, 11) is 0. The van der Waals surface area contributed by atoms with E-state index >= 15 is 0 Å². The molecular formula is C13H24O3. The van der Waals surface area contributed by atoms with E-state index in [0.717, 1.165) is 6.42 Å². The molecule has 3 heteroatoms. The molecule has 0 aromatic carbocycles. The van der Waals surface area contributed by atoms with Crippen LogP contribution in [0.1, 0.15) is 48.0 Å². The van der Waals surface area contributed by atoms with Crippen LogP contribution in [0, 0.1) is 11.8 Å². The minimum absolute atomic E-state index is 0.0198. The number of hydrogen-bond donors (Lipinski definition) is 0. The number of carbonyl (C=O) groups excluding carboxylic acids is 1. The third kappa shape index (κ3) is 2.83. The van der Waals surface area contributed by atoms with Crippen LogP contribution in [0.25, 0.3) is 0 Å². The molecule has 0 spiro atoms. The van der Waals surface area contributed by atoms with E-state index in [-0.39, 0.29) is 23.9 Å². The van der Waals surface area contributed by atoms with E-state index < -0.39 is 5.79 Å². The molecule has 3 atom stereocenters. The molecule has 16 heavy (non-hydrogen) atoms. The van der Waals surface area contributed by atoms with Crippen molar-refractivity contribution in [3.63, 3.8) is 0 Å². The molecule has 0 saturated carbocycles. The van der Waals surface area contributed by atoms with Crippen molar-refractivity contribution in [3.8, 4) is 0 Å². The molecule has 1 aliphatic heterocycles. The van der Waals surface area contributed by atoms with Crippen molar-refractivity contribution in [1.82, 2.24) is 0 Å². The summed E-state index contributed by atoms with van der Waals surface area (Å²) in [6.07, 6.45) is 0.792. The van der Waals surface area contributed by atoms with Crippen molar-refractivity contribution in [1.29, 1.82) is 0 Å². The van der Waals surface area contributed by atoms with Crippen molar-refractivity contribution in [2.75, 3.05) is 0 Å². The van der Waals surface area contributed by atoms with Gasteiger partial charge in [-0.2, -0.15) is 0 Å². The van der Waals surface area contributed by atoms with Gasteiger partial charge in [-0.3, -0.25) is 4.79 Å². The predicted octanol–water partition coefficient (Wildman–Crippen LogP) is 2.78. The Kier molecular flexibility index (Phi) is 4.13. The Morgan fingerprint density at radius 3 is 2.25 bits per heavy atom. The van der Waals surface area contributed by atoms with E-state index in [2.05, 4.69) is 20.8 Å². The smallest absolute Gasteiger partial charge is 0.163 e. The lowest BCUT2D eigenvalue weighted by atomic mass is 9.83. The summed E-state index contributed by atoms with van der Waals surface area (Å²) < 4.78 is 11.7. The van der Waals surface area contributed by atoms with Crippen LogP contribution in [0.3, 0.4) is 0 Å². The fourth-order valence-electron chi connectivity index (χ4n) is 2.46. The summed E-state index contributed by atoms with van der Waals surface area (Å²) in [6, 6.07) is 0. The topological polar surface area (TPSA) is 35.5 Å². The summed E-state index contributed by atoms with van der Waals surface area (Å²) in [6.45, 7) is 11.7. The molecule has 0 amide bonds. The number of ether oxygens (including phenoxy) is 2. The maximum absolute atomic E-state index is 11.7. The molecule has 1 aliphatic rings. The second-order valence-corrected chi connectivity index (χ2v) is 5.43. The van der Waals surface area contributed by atoms with Crippen LogP contribution >= 0.6 is 0 Å². The van der Waals surface area contributed by atoms with E-state index in [1.54, 1.807) is 6.92 Å². The third-order valence-corrected chi connectivity index (χ3v) is 3.14. The van der Waals surface area contributed by atoms with Crippen molar-refractivity contribution in [2.24, 2.45) is 11.8 Å². The van der Waals surface area contributed by atoms with Gasteiger partial charge in [0, 0.05) is 0 Å². The third-order valence-electron chi connectivity index (χ3n) is 3.14. The highest BCUT2D eigenvalue weighted by Crippen LogP contribution is 2.36. The molecule has 0 aromatic rings. The lowest BCUT2D eigenvalue weighted by Crippen LogP contribution is -2.54. The minimum Gasteiger partial charge on any atom is -0.346 e. The maximum atomic E-state index is 11.7. The Morgan fingerprint density at radius 1 is 1.31 bits per heavy atom. The number of rotatable bonds is 3. The standard InChI is InChI=1S/C13H24O3/c1-7-10-11(9(4)14)12(8(2)3)16-13(5,6)15-10/h8,10-12H,7H2,1-6H3/t10-,11+,12-/m1/s1. The summed E-state index contributed by atoms with van der Waals surface area (Å²) in [5.41, 5.74) is 0. The lowest BCUT2D eigenvalue weighted by Gasteiger charge is -2.46. The molecular weight excluding hydrogens is 204 g/mol. The maximum Gasteiger partial charge on any atom is 0.163 e. The Bertz CT molecular complexity index is 258. The second kappa shape index (κ2) is 4.84. The number of ketones is 1. The van der Waals surface area contributed by atoms with E-state index in [9.17, 15) is 4.79 Å². The molecule has 0 bridgehead atoms. The average Bonchev–Trinajstić information content (AvgIpc) is 2.14. The van der Waals surface area contributed by atoms with Crippen molar-refractivity contribution in [3.05, 3.63) is 0 Å². The van der Waals surface area contributed by atoms with Crippen LogP contribution in [0.4, 0.5) is 0 Å². The Hall–Kier alpha value is -0.410. The van der Waals surface area contributed by atoms with Crippen LogP contribution < -0.4 is 0 Å². The first kappa shape index (κ1) is 13.7. The van der Waals surface area contributed by atoms with Gasteiger partial charge in [-0.1, -0.05) is 20.8 Å². The van der Waals surface area contributed by atoms with E-state index in [4.69, 9.17) is 9.47 Å². The fourth-order valence-corrected chi connectivity index (χ4v) is 2.46. The zero-order valence-electron chi connectivity index (χ0n) is 11.2. The number of hydrogen-bond acceptors (Lipinski definition) is 3. The first-order chi connectivity index (χ1) is 7.28. The number of Topliss-reactive ketones (excluding diaryl/α,β-unsaturated/α-hetero) is 1. The Balaban J connectivity index is 2.96. The van der Waals surface area contributed by atoms with Crippen LogP contribution in [0.15, 0.2) is 0 Å². The monoisotopic (exact) mass is 228 g/mol. The van der Waals surface area contributed by atoms with E-state index in [1.807, 2.05) is 13.8 Å². The summed E-state index contributed by atoms with van der Waals surface area (Å²) in [4.78, 5) is 11.7. The van der Waals surface area contributed by atoms with E-state index in [1.165, 1.54) is 0 Å². The van der Waals surface area contributed by atoms with Crippen molar-refractivity contribution < 1.29 is 14.3 Å². The summed E-state index contributed by atoms with van der Waals surface area (Å²) in [5.74, 6) is -0.216. The van der Waals surface area contributed by atoms with Crippen molar-refractivity contribution in [2.45, 2.75) is 66.0 Å². The molecule has 0 aromatic heterocycles. The SMILES string of the molecule is CC[C@H]1OC(C)(C)O[C@H](C(C)C)[C@H]1C(C)=O. The highest BCUT2D eigenvalue weighted by atomic mass is 16.7. The largest absolute Gasteiger partial charge is 0.346 e. The molecule has 1 fully saturated rings. The molecule has 1 rings (SSSR count). The lowest BCUT2D eigenvalue weighted by molar-refractivity contribution is -0.322. The molecule has 0 radical (unpaired) electrons. The first-order valence-electron chi connectivity index (χ1n) is 6.14. The second-order valence-electron chi connectivity index (χ2n) is 5.43. The normalized spacial score (nSPS) is 34.1. The van der Waals surface area contributed by atoms with Crippen molar-refractivity contribution >= 4 is 5.78 Å². The molecule has 94 valence electrons. The average molecular weight is 228 g/mol. The van der Waals surface area contributed by atoms with Gasteiger partial charge in [-0.25, -0.2) is 0 Å². The summed E-state index contributed by atoms with van der Waals surface area (Å²) >= 11 is 0. The Labute approximate surface area is 98.5 Å². The minimum atomic E-state index is -0.582. The number of carbonyl (C=O) groups is 1. The predicted molar refractivity (Wildman–Crippen MR) is 63.1 cm³/mol. The van der Waals surface area contributed by atoms with E-state index in [0.29, 0.717) is 5.92 Å². The fraction of sp³-hybridized carbons (Fsp3) is 0.923. The molecule has 3 nitrogen and oxygen atoms in total. The van der Waals surface area contributed by atoms with Gasteiger partial charge in [0.25, 0.3) is 0 Å². The highest BCUT2D eigenvalue weighted by molar-refractivity contribution is 5.79. The Morgan fingerprint density at radius 2 is 1.88 bits per heavy atom. The molecule has 1 saturated heterocycles.